The fourth-order valence-corrected chi connectivity index (χ4v) is 2.00. The normalized spacial score (nSPS) is 10.6. The molecule has 6 heteroatoms. The van der Waals surface area contributed by atoms with Gasteiger partial charge in [0, 0.05) is 12.1 Å². The summed E-state index contributed by atoms with van der Waals surface area (Å²) in [7, 11) is 0. The van der Waals surface area contributed by atoms with Gasteiger partial charge in [-0.3, -0.25) is 0 Å². The Hall–Kier alpha value is -1.40. The standard InChI is InChI=1S/C9H11N5S/c1-5-3-7(6(2)12-11-5)9-14-13-8(4-10)15-9/h3H,4,10H2,1-2H3. The quantitative estimate of drug-likeness (QED) is 0.820. The molecule has 0 aromatic carbocycles. The maximum Gasteiger partial charge on any atom is 0.149 e. The third-order valence-electron chi connectivity index (χ3n) is 1.97. The fraction of sp³-hybridized carbons (Fsp3) is 0.333. The second-order valence-electron chi connectivity index (χ2n) is 3.19. The zero-order chi connectivity index (χ0) is 10.8. The van der Waals surface area contributed by atoms with Crippen molar-refractivity contribution in [2.45, 2.75) is 20.4 Å². The van der Waals surface area contributed by atoms with E-state index in [9.17, 15) is 0 Å². The summed E-state index contributed by atoms with van der Waals surface area (Å²) in [5, 5.41) is 17.8. The van der Waals surface area contributed by atoms with Crippen molar-refractivity contribution in [3.05, 3.63) is 22.5 Å². The molecule has 0 saturated heterocycles. The van der Waals surface area contributed by atoms with Crippen LogP contribution in [0.25, 0.3) is 10.6 Å². The minimum Gasteiger partial charge on any atom is -0.324 e. The monoisotopic (exact) mass is 221 g/mol. The minimum absolute atomic E-state index is 0.425. The molecule has 15 heavy (non-hydrogen) atoms. The predicted octanol–water partition coefficient (Wildman–Crippen LogP) is 1.07. The van der Waals surface area contributed by atoms with Crippen molar-refractivity contribution in [1.29, 1.82) is 0 Å². The van der Waals surface area contributed by atoms with Gasteiger partial charge in [-0.1, -0.05) is 11.3 Å². The minimum atomic E-state index is 0.425. The van der Waals surface area contributed by atoms with Crippen LogP contribution in [0.2, 0.25) is 0 Å². The van der Waals surface area contributed by atoms with Gasteiger partial charge in [0.05, 0.1) is 11.4 Å². The number of nitrogens with two attached hydrogens (primary N) is 1. The van der Waals surface area contributed by atoms with Crippen LogP contribution in [0.5, 0.6) is 0 Å². The summed E-state index contributed by atoms with van der Waals surface area (Å²) in [6.07, 6.45) is 0. The lowest BCUT2D eigenvalue weighted by Crippen LogP contribution is -1.94. The number of aryl methyl sites for hydroxylation is 2. The number of hydrogen-bond donors (Lipinski definition) is 1. The first-order valence-corrected chi connectivity index (χ1v) is 5.36. The van der Waals surface area contributed by atoms with Crippen molar-refractivity contribution in [1.82, 2.24) is 20.4 Å². The Morgan fingerprint density at radius 1 is 1.20 bits per heavy atom. The third-order valence-corrected chi connectivity index (χ3v) is 2.95. The van der Waals surface area contributed by atoms with Gasteiger partial charge < -0.3 is 5.73 Å². The smallest absolute Gasteiger partial charge is 0.149 e. The molecule has 2 rings (SSSR count). The molecule has 5 nitrogen and oxygen atoms in total. The summed E-state index contributed by atoms with van der Waals surface area (Å²) in [6.45, 7) is 4.24. The molecule has 0 aliphatic heterocycles. The molecule has 78 valence electrons. The van der Waals surface area contributed by atoms with Crippen molar-refractivity contribution in [2.24, 2.45) is 5.73 Å². The molecule has 2 N–H and O–H groups in total. The highest BCUT2D eigenvalue weighted by atomic mass is 32.1. The molecule has 0 amide bonds. The molecule has 0 unspecified atom stereocenters. The molecule has 0 atom stereocenters. The van der Waals surface area contributed by atoms with E-state index in [-0.39, 0.29) is 0 Å². The summed E-state index contributed by atoms with van der Waals surface area (Å²) < 4.78 is 0. The molecule has 2 aromatic heterocycles. The highest BCUT2D eigenvalue weighted by Gasteiger charge is 2.09. The van der Waals surface area contributed by atoms with Gasteiger partial charge in [0.2, 0.25) is 0 Å². The van der Waals surface area contributed by atoms with E-state index in [1.54, 1.807) is 0 Å². The molecule has 0 fully saturated rings. The zero-order valence-corrected chi connectivity index (χ0v) is 9.38. The predicted molar refractivity (Wildman–Crippen MR) is 58.3 cm³/mol. The van der Waals surface area contributed by atoms with E-state index in [1.165, 1.54) is 11.3 Å². The van der Waals surface area contributed by atoms with Crippen LogP contribution in [0.1, 0.15) is 16.4 Å². The summed E-state index contributed by atoms with van der Waals surface area (Å²) in [6, 6.07) is 1.96. The molecule has 0 aliphatic rings. The van der Waals surface area contributed by atoms with Gasteiger partial charge in [0.1, 0.15) is 10.0 Å². The summed E-state index contributed by atoms with van der Waals surface area (Å²) >= 11 is 1.49. The second-order valence-corrected chi connectivity index (χ2v) is 4.25. The van der Waals surface area contributed by atoms with Gasteiger partial charge in [-0.25, -0.2) is 0 Å². The Morgan fingerprint density at radius 3 is 2.67 bits per heavy atom. The lowest BCUT2D eigenvalue weighted by atomic mass is 10.2. The van der Waals surface area contributed by atoms with E-state index < -0.39 is 0 Å². The summed E-state index contributed by atoms with van der Waals surface area (Å²) in [5.74, 6) is 0. The molecular formula is C9H11N5S. The van der Waals surface area contributed by atoms with Crippen LogP contribution >= 0.6 is 11.3 Å². The van der Waals surface area contributed by atoms with Gasteiger partial charge in [0.15, 0.2) is 0 Å². The Kier molecular flexibility index (Phi) is 2.70. The van der Waals surface area contributed by atoms with Crippen LogP contribution in [0.3, 0.4) is 0 Å². The van der Waals surface area contributed by atoms with E-state index in [0.717, 1.165) is 27.0 Å². The van der Waals surface area contributed by atoms with Crippen LogP contribution in [0.4, 0.5) is 0 Å². The average molecular weight is 221 g/mol. The van der Waals surface area contributed by atoms with Crippen LogP contribution in [-0.4, -0.2) is 20.4 Å². The highest BCUT2D eigenvalue weighted by molar-refractivity contribution is 7.14. The second kappa shape index (κ2) is 4.00. The Labute approximate surface area is 91.4 Å². The summed E-state index contributed by atoms with van der Waals surface area (Å²) in [5.41, 5.74) is 8.21. The van der Waals surface area contributed by atoms with Crippen LogP contribution < -0.4 is 5.73 Å². The first-order chi connectivity index (χ1) is 7.20. The molecule has 2 aromatic rings. The van der Waals surface area contributed by atoms with Crippen molar-refractivity contribution < 1.29 is 0 Å². The van der Waals surface area contributed by atoms with E-state index >= 15 is 0 Å². The van der Waals surface area contributed by atoms with Gasteiger partial charge in [0.25, 0.3) is 0 Å². The van der Waals surface area contributed by atoms with Gasteiger partial charge in [-0.15, -0.1) is 10.2 Å². The Bertz CT molecular complexity index is 479. The fourth-order valence-electron chi connectivity index (χ4n) is 1.21. The lowest BCUT2D eigenvalue weighted by Gasteiger charge is -1.99. The van der Waals surface area contributed by atoms with Gasteiger partial charge in [-0.05, 0) is 19.9 Å². The van der Waals surface area contributed by atoms with E-state index in [4.69, 9.17) is 5.73 Å². The van der Waals surface area contributed by atoms with Crippen LogP contribution in [0.15, 0.2) is 6.07 Å². The lowest BCUT2D eigenvalue weighted by molar-refractivity contribution is 0.934. The topological polar surface area (TPSA) is 77.6 Å². The molecule has 0 aliphatic carbocycles. The molecule has 0 bridgehead atoms. The third kappa shape index (κ3) is 2.00. The number of aromatic nitrogens is 4. The van der Waals surface area contributed by atoms with Gasteiger partial charge >= 0.3 is 0 Å². The molecule has 0 radical (unpaired) electrons. The number of rotatable bonds is 2. The number of hydrogen-bond acceptors (Lipinski definition) is 6. The molecule has 0 saturated carbocycles. The maximum atomic E-state index is 5.49. The Balaban J connectivity index is 2.48. The highest BCUT2D eigenvalue weighted by Crippen LogP contribution is 2.25. The van der Waals surface area contributed by atoms with Crippen molar-refractivity contribution >= 4 is 11.3 Å². The zero-order valence-electron chi connectivity index (χ0n) is 8.56. The Morgan fingerprint density at radius 2 is 2.00 bits per heavy atom. The molecular weight excluding hydrogens is 210 g/mol. The van der Waals surface area contributed by atoms with Crippen LogP contribution in [0, 0.1) is 13.8 Å². The largest absolute Gasteiger partial charge is 0.324 e. The number of nitrogens with zero attached hydrogens (tertiary/aromatic N) is 4. The average Bonchev–Trinajstić information content (AvgIpc) is 2.70. The van der Waals surface area contributed by atoms with E-state index in [0.29, 0.717) is 6.54 Å². The van der Waals surface area contributed by atoms with Gasteiger partial charge in [-0.2, -0.15) is 10.2 Å². The van der Waals surface area contributed by atoms with E-state index in [2.05, 4.69) is 20.4 Å². The molecule has 2 heterocycles. The SMILES string of the molecule is Cc1cc(-c2nnc(CN)s2)c(C)nn1. The first kappa shape index (κ1) is 10.1. The van der Waals surface area contributed by atoms with E-state index in [1.807, 2.05) is 19.9 Å². The first-order valence-electron chi connectivity index (χ1n) is 4.54. The van der Waals surface area contributed by atoms with Crippen molar-refractivity contribution in [3.8, 4) is 10.6 Å². The van der Waals surface area contributed by atoms with Crippen LogP contribution in [-0.2, 0) is 6.54 Å². The molecule has 0 spiro atoms. The summed E-state index contributed by atoms with van der Waals surface area (Å²) in [4.78, 5) is 0. The van der Waals surface area contributed by atoms with Crippen molar-refractivity contribution in [3.63, 3.8) is 0 Å². The van der Waals surface area contributed by atoms with Crippen molar-refractivity contribution in [2.75, 3.05) is 0 Å². The maximum absolute atomic E-state index is 5.49.